The predicted molar refractivity (Wildman–Crippen MR) is 76.0 cm³/mol. The van der Waals surface area contributed by atoms with E-state index in [0.29, 0.717) is 6.42 Å². The van der Waals surface area contributed by atoms with E-state index in [4.69, 9.17) is 5.73 Å². The first-order valence-corrected chi connectivity index (χ1v) is 6.03. The fourth-order valence-corrected chi connectivity index (χ4v) is 1.94. The monoisotopic (exact) mass is 274 g/mol. The Kier molecular flexibility index (Phi) is 3.79. The molecule has 1 aromatic carbocycles. The normalized spacial score (nSPS) is 10.4. The van der Waals surface area contributed by atoms with Crippen LogP contribution in [-0.2, 0) is 20.0 Å². The molecule has 0 unspecified atom stereocenters. The van der Waals surface area contributed by atoms with Gasteiger partial charge in [-0.25, -0.2) is 4.79 Å². The highest BCUT2D eigenvalue weighted by atomic mass is 16.3. The van der Waals surface area contributed by atoms with Crippen LogP contribution in [-0.4, -0.2) is 9.13 Å². The minimum atomic E-state index is -0.753. The number of nitrogens with zero attached hydrogens (tertiary/aromatic N) is 3. The summed E-state index contributed by atoms with van der Waals surface area (Å²) < 4.78 is 2.02. The van der Waals surface area contributed by atoms with Gasteiger partial charge in [0.05, 0.1) is 0 Å². The van der Waals surface area contributed by atoms with E-state index in [1.54, 1.807) is 0 Å². The molecule has 2 rings (SSSR count). The SMILES string of the molecule is Cn1c(N)c(N=O)c(=O)n(CCc2ccccc2)c1=O. The lowest BCUT2D eigenvalue weighted by atomic mass is 10.1. The van der Waals surface area contributed by atoms with Gasteiger partial charge in [-0.1, -0.05) is 30.3 Å². The van der Waals surface area contributed by atoms with Crippen LogP contribution in [0, 0.1) is 4.91 Å². The van der Waals surface area contributed by atoms with Gasteiger partial charge in [-0.05, 0) is 17.2 Å². The van der Waals surface area contributed by atoms with Gasteiger partial charge >= 0.3 is 5.69 Å². The topological polar surface area (TPSA) is 99.4 Å². The van der Waals surface area contributed by atoms with Gasteiger partial charge in [0.2, 0.25) is 5.69 Å². The molecule has 0 aliphatic carbocycles. The highest BCUT2D eigenvalue weighted by Crippen LogP contribution is 2.12. The molecule has 7 heteroatoms. The third kappa shape index (κ3) is 2.37. The van der Waals surface area contributed by atoms with Gasteiger partial charge in [-0.3, -0.25) is 13.9 Å². The maximum Gasteiger partial charge on any atom is 0.332 e. The van der Waals surface area contributed by atoms with Crippen molar-refractivity contribution in [1.29, 1.82) is 0 Å². The third-order valence-electron chi connectivity index (χ3n) is 3.13. The van der Waals surface area contributed by atoms with E-state index < -0.39 is 16.9 Å². The van der Waals surface area contributed by atoms with E-state index in [1.165, 1.54) is 7.05 Å². The van der Waals surface area contributed by atoms with Crippen molar-refractivity contribution in [3.8, 4) is 0 Å². The van der Waals surface area contributed by atoms with E-state index in [0.717, 1.165) is 14.7 Å². The van der Waals surface area contributed by atoms with Gasteiger partial charge in [0.25, 0.3) is 5.56 Å². The molecule has 1 heterocycles. The maximum absolute atomic E-state index is 12.0. The molecular formula is C13H14N4O3. The summed E-state index contributed by atoms with van der Waals surface area (Å²) in [6.07, 6.45) is 0.498. The van der Waals surface area contributed by atoms with Crippen molar-refractivity contribution < 1.29 is 0 Å². The van der Waals surface area contributed by atoms with Gasteiger partial charge in [0, 0.05) is 13.6 Å². The van der Waals surface area contributed by atoms with Crippen LogP contribution in [0.15, 0.2) is 45.1 Å². The average molecular weight is 274 g/mol. The van der Waals surface area contributed by atoms with Crippen molar-refractivity contribution in [1.82, 2.24) is 9.13 Å². The number of hydrogen-bond donors (Lipinski definition) is 1. The minimum Gasteiger partial charge on any atom is -0.383 e. The van der Waals surface area contributed by atoms with Gasteiger partial charge in [-0.15, -0.1) is 4.91 Å². The standard InChI is InChI=1S/C13H14N4O3/c1-16-11(14)10(15-20)12(18)17(13(16)19)8-7-9-5-3-2-4-6-9/h2-6H,7-8,14H2,1H3. The third-order valence-corrected chi connectivity index (χ3v) is 3.13. The summed E-state index contributed by atoms with van der Waals surface area (Å²) in [6, 6.07) is 9.42. The number of nitrogens with two attached hydrogens (primary N) is 1. The largest absolute Gasteiger partial charge is 0.383 e. The fraction of sp³-hybridized carbons (Fsp3) is 0.231. The summed E-state index contributed by atoms with van der Waals surface area (Å²) in [6.45, 7) is 0.165. The Bertz CT molecular complexity index is 747. The van der Waals surface area contributed by atoms with E-state index in [9.17, 15) is 14.5 Å². The molecule has 0 radical (unpaired) electrons. The summed E-state index contributed by atoms with van der Waals surface area (Å²) in [4.78, 5) is 34.7. The predicted octanol–water partition coefficient (Wildman–Crippen LogP) is 0.770. The summed E-state index contributed by atoms with van der Waals surface area (Å²) in [7, 11) is 1.39. The molecule has 0 fully saturated rings. The lowest BCUT2D eigenvalue weighted by Gasteiger charge is -2.10. The molecule has 7 nitrogen and oxygen atoms in total. The molecular weight excluding hydrogens is 260 g/mol. The Labute approximate surface area is 114 Å². The van der Waals surface area contributed by atoms with Gasteiger partial charge in [0.15, 0.2) is 0 Å². The van der Waals surface area contributed by atoms with E-state index in [2.05, 4.69) is 5.18 Å². The Morgan fingerprint density at radius 2 is 1.85 bits per heavy atom. The van der Waals surface area contributed by atoms with E-state index >= 15 is 0 Å². The number of nitrogen functional groups attached to an aromatic ring is 1. The number of hydrogen-bond acceptors (Lipinski definition) is 5. The van der Waals surface area contributed by atoms with Crippen LogP contribution in [0.1, 0.15) is 5.56 Å². The van der Waals surface area contributed by atoms with Crippen LogP contribution >= 0.6 is 0 Å². The minimum absolute atomic E-state index is 0.165. The molecule has 2 N–H and O–H groups in total. The van der Waals surface area contributed by atoms with Crippen LogP contribution in [0.25, 0.3) is 0 Å². The Balaban J connectivity index is 2.42. The molecule has 2 aromatic rings. The van der Waals surface area contributed by atoms with Crippen molar-refractivity contribution in [2.75, 3.05) is 5.73 Å². The van der Waals surface area contributed by atoms with Crippen LogP contribution in [0.4, 0.5) is 11.5 Å². The molecule has 0 aliphatic heterocycles. The second-order valence-electron chi connectivity index (χ2n) is 4.36. The smallest absolute Gasteiger partial charge is 0.332 e. The molecule has 0 amide bonds. The number of aromatic nitrogens is 2. The van der Waals surface area contributed by atoms with Crippen LogP contribution in [0.3, 0.4) is 0 Å². The Hall–Kier alpha value is -2.70. The number of rotatable bonds is 4. The first-order valence-electron chi connectivity index (χ1n) is 6.03. The number of anilines is 1. The first kappa shape index (κ1) is 13.7. The van der Waals surface area contributed by atoms with E-state index in [1.807, 2.05) is 30.3 Å². The van der Waals surface area contributed by atoms with Crippen molar-refractivity contribution in [2.45, 2.75) is 13.0 Å². The zero-order valence-electron chi connectivity index (χ0n) is 10.9. The van der Waals surface area contributed by atoms with Crippen molar-refractivity contribution in [3.05, 3.63) is 61.6 Å². The summed E-state index contributed by atoms with van der Waals surface area (Å²) in [5.41, 5.74) is 4.77. The zero-order chi connectivity index (χ0) is 14.7. The zero-order valence-corrected chi connectivity index (χ0v) is 10.9. The molecule has 0 atom stereocenters. The second-order valence-corrected chi connectivity index (χ2v) is 4.36. The van der Waals surface area contributed by atoms with Crippen LogP contribution in [0.5, 0.6) is 0 Å². The lowest BCUT2D eigenvalue weighted by Crippen LogP contribution is -2.40. The molecule has 0 saturated heterocycles. The van der Waals surface area contributed by atoms with Gasteiger partial charge in [0.1, 0.15) is 5.82 Å². The number of aryl methyl sites for hydroxylation is 1. The number of benzene rings is 1. The summed E-state index contributed by atoms with van der Waals surface area (Å²) in [5, 5.41) is 2.62. The molecule has 20 heavy (non-hydrogen) atoms. The van der Waals surface area contributed by atoms with Crippen LogP contribution < -0.4 is 17.0 Å². The number of nitroso groups, excluding NO2 is 1. The highest BCUT2D eigenvalue weighted by molar-refractivity contribution is 5.55. The molecule has 0 aliphatic rings. The average Bonchev–Trinajstić information content (AvgIpc) is 2.47. The lowest BCUT2D eigenvalue weighted by molar-refractivity contribution is 0.595. The molecule has 104 valence electrons. The molecule has 0 bridgehead atoms. The van der Waals surface area contributed by atoms with Crippen LogP contribution in [0.2, 0.25) is 0 Å². The summed E-state index contributed by atoms with van der Waals surface area (Å²) >= 11 is 0. The van der Waals surface area contributed by atoms with Gasteiger partial charge < -0.3 is 5.73 Å². The molecule has 0 saturated carbocycles. The molecule has 0 spiro atoms. The first-order chi connectivity index (χ1) is 9.56. The Morgan fingerprint density at radius 1 is 1.20 bits per heavy atom. The summed E-state index contributed by atoms with van der Waals surface area (Å²) in [5.74, 6) is -0.217. The second kappa shape index (κ2) is 5.52. The quantitative estimate of drug-likeness (QED) is 0.832. The Morgan fingerprint density at radius 3 is 2.45 bits per heavy atom. The van der Waals surface area contributed by atoms with Crippen molar-refractivity contribution in [3.63, 3.8) is 0 Å². The van der Waals surface area contributed by atoms with Gasteiger partial charge in [-0.2, -0.15) is 0 Å². The maximum atomic E-state index is 12.0. The van der Waals surface area contributed by atoms with E-state index in [-0.39, 0.29) is 12.4 Å². The molecule has 1 aromatic heterocycles. The highest BCUT2D eigenvalue weighted by Gasteiger charge is 2.15. The van der Waals surface area contributed by atoms with Crippen molar-refractivity contribution in [2.24, 2.45) is 12.2 Å². The fourth-order valence-electron chi connectivity index (χ4n) is 1.94. The van der Waals surface area contributed by atoms with Crippen molar-refractivity contribution >= 4 is 11.5 Å².